The number of hydrogen-bond donors (Lipinski definition) is 2. The zero-order valence-corrected chi connectivity index (χ0v) is 16.8. The van der Waals surface area contributed by atoms with Gasteiger partial charge in [0.25, 0.3) is 5.91 Å². The van der Waals surface area contributed by atoms with E-state index in [0.717, 1.165) is 23.2 Å². The summed E-state index contributed by atoms with van der Waals surface area (Å²) >= 11 is 0. The van der Waals surface area contributed by atoms with Crippen LogP contribution in [0.1, 0.15) is 29.3 Å². The molecule has 0 radical (unpaired) electrons. The van der Waals surface area contributed by atoms with Gasteiger partial charge in [-0.2, -0.15) is 0 Å². The second-order valence-electron chi connectivity index (χ2n) is 6.64. The van der Waals surface area contributed by atoms with E-state index in [2.05, 4.69) is 26.7 Å². The highest BCUT2D eigenvalue weighted by molar-refractivity contribution is 5.94. The maximum Gasteiger partial charge on any atom is 0.251 e. The molecule has 3 rings (SSSR count). The Bertz CT molecular complexity index is 942. The van der Waals surface area contributed by atoms with Crippen molar-refractivity contribution in [3.63, 3.8) is 0 Å². The average molecular weight is 390 g/mol. The Labute approximate surface area is 171 Å². The van der Waals surface area contributed by atoms with Crippen LogP contribution < -0.4 is 10.6 Å². The molecule has 29 heavy (non-hydrogen) atoms. The molecule has 0 fully saturated rings. The van der Waals surface area contributed by atoms with E-state index >= 15 is 0 Å². The first kappa shape index (κ1) is 20.5. The fourth-order valence-corrected chi connectivity index (χ4v) is 2.83. The fraction of sp³-hybridized carbons (Fsp3) is 0.261. The highest BCUT2D eigenvalue weighted by Gasteiger charge is 2.06. The minimum atomic E-state index is -0.0863. The number of carbonyl (C=O) groups excluding carboxylic acids is 1. The van der Waals surface area contributed by atoms with Gasteiger partial charge in [0.15, 0.2) is 5.82 Å². The molecular formula is C23H26N4O2. The number of aryl methyl sites for hydroxylation is 1. The summed E-state index contributed by atoms with van der Waals surface area (Å²) in [5.74, 6) is 1.28. The van der Waals surface area contributed by atoms with Crippen LogP contribution in [0.3, 0.4) is 0 Å². The molecule has 2 aromatic carbocycles. The van der Waals surface area contributed by atoms with E-state index in [4.69, 9.17) is 4.74 Å². The first-order valence-corrected chi connectivity index (χ1v) is 9.79. The molecule has 0 atom stereocenters. The lowest BCUT2D eigenvalue weighted by molar-refractivity contribution is 0.0944. The summed E-state index contributed by atoms with van der Waals surface area (Å²) in [6.07, 6.45) is 2.53. The number of hydrogen-bond acceptors (Lipinski definition) is 5. The molecule has 1 amide bonds. The van der Waals surface area contributed by atoms with Crippen molar-refractivity contribution in [2.75, 3.05) is 25.1 Å². The predicted molar refractivity (Wildman–Crippen MR) is 115 cm³/mol. The smallest absolute Gasteiger partial charge is 0.251 e. The maximum absolute atomic E-state index is 12.2. The molecule has 3 aromatic rings. The van der Waals surface area contributed by atoms with Gasteiger partial charge in [-0.1, -0.05) is 23.8 Å². The van der Waals surface area contributed by atoms with Crippen LogP contribution in [0.4, 0.5) is 11.5 Å². The van der Waals surface area contributed by atoms with E-state index in [1.165, 1.54) is 0 Å². The lowest BCUT2D eigenvalue weighted by Gasteiger charge is -2.09. The van der Waals surface area contributed by atoms with Crippen LogP contribution in [0.5, 0.6) is 0 Å². The maximum atomic E-state index is 12.2. The Morgan fingerprint density at radius 2 is 1.93 bits per heavy atom. The van der Waals surface area contributed by atoms with Gasteiger partial charge in [0.1, 0.15) is 5.82 Å². The summed E-state index contributed by atoms with van der Waals surface area (Å²) in [6, 6.07) is 17.2. The molecule has 1 heterocycles. The number of aromatic nitrogens is 2. The van der Waals surface area contributed by atoms with Gasteiger partial charge >= 0.3 is 0 Å². The molecule has 6 heteroatoms. The lowest BCUT2D eigenvalue weighted by atomic mass is 10.1. The molecule has 0 unspecified atom stereocenters. The highest BCUT2D eigenvalue weighted by Crippen LogP contribution is 2.20. The monoisotopic (exact) mass is 390 g/mol. The largest absolute Gasteiger partial charge is 0.382 e. The van der Waals surface area contributed by atoms with Crippen molar-refractivity contribution in [2.45, 2.75) is 20.3 Å². The third kappa shape index (κ3) is 6.12. The van der Waals surface area contributed by atoms with Crippen LogP contribution in [-0.2, 0) is 4.74 Å². The van der Waals surface area contributed by atoms with Crippen molar-refractivity contribution in [2.24, 2.45) is 0 Å². The third-order valence-corrected chi connectivity index (χ3v) is 4.31. The molecule has 1 aromatic heterocycles. The van der Waals surface area contributed by atoms with Crippen LogP contribution in [0, 0.1) is 6.92 Å². The molecule has 150 valence electrons. The van der Waals surface area contributed by atoms with E-state index in [1.807, 2.05) is 50.2 Å². The molecule has 0 bridgehead atoms. The van der Waals surface area contributed by atoms with Gasteiger partial charge in [0.2, 0.25) is 0 Å². The molecule has 0 saturated carbocycles. The minimum Gasteiger partial charge on any atom is -0.382 e. The van der Waals surface area contributed by atoms with Gasteiger partial charge in [-0.15, -0.1) is 0 Å². The van der Waals surface area contributed by atoms with Crippen LogP contribution in [-0.4, -0.2) is 35.6 Å². The summed E-state index contributed by atoms with van der Waals surface area (Å²) in [5, 5.41) is 6.16. The van der Waals surface area contributed by atoms with Crippen molar-refractivity contribution < 1.29 is 9.53 Å². The highest BCUT2D eigenvalue weighted by atomic mass is 16.5. The predicted octanol–water partition coefficient (Wildman–Crippen LogP) is 4.35. The number of carbonyl (C=O) groups is 1. The summed E-state index contributed by atoms with van der Waals surface area (Å²) < 4.78 is 5.27. The average Bonchev–Trinajstić information content (AvgIpc) is 2.74. The number of amides is 1. The van der Waals surface area contributed by atoms with Crippen molar-refractivity contribution in [3.8, 4) is 11.4 Å². The molecule has 6 nitrogen and oxygen atoms in total. The molecule has 2 N–H and O–H groups in total. The van der Waals surface area contributed by atoms with Crippen LogP contribution in [0.15, 0.2) is 60.8 Å². The molecule has 0 aliphatic heterocycles. The number of ether oxygens (including phenoxy) is 1. The van der Waals surface area contributed by atoms with E-state index in [-0.39, 0.29) is 5.91 Å². The number of benzene rings is 2. The summed E-state index contributed by atoms with van der Waals surface area (Å²) in [6.45, 7) is 5.95. The third-order valence-electron chi connectivity index (χ3n) is 4.31. The van der Waals surface area contributed by atoms with Crippen LogP contribution in [0.2, 0.25) is 0 Å². The van der Waals surface area contributed by atoms with Crippen LogP contribution in [0.25, 0.3) is 11.4 Å². The van der Waals surface area contributed by atoms with E-state index in [1.54, 1.807) is 18.3 Å². The second kappa shape index (κ2) is 10.3. The normalized spacial score (nSPS) is 10.6. The van der Waals surface area contributed by atoms with Gasteiger partial charge in [-0.3, -0.25) is 4.79 Å². The molecular weight excluding hydrogens is 364 g/mol. The van der Waals surface area contributed by atoms with Gasteiger partial charge in [0, 0.05) is 42.8 Å². The minimum absolute atomic E-state index is 0.0863. The van der Waals surface area contributed by atoms with Crippen molar-refractivity contribution in [3.05, 3.63) is 71.9 Å². The Balaban J connectivity index is 1.60. The number of nitrogens with zero attached hydrogens (tertiary/aromatic N) is 2. The molecule has 0 saturated heterocycles. The number of rotatable bonds is 9. The van der Waals surface area contributed by atoms with Crippen molar-refractivity contribution in [1.29, 1.82) is 0 Å². The first-order chi connectivity index (χ1) is 14.2. The Kier molecular flexibility index (Phi) is 7.30. The van der Waals surface area contributed by atoms with Crippen molar-refractivity contribution >= 4 is 17.4 Å². The number of nitrogens with one attached hydrogen (secondary N) is 2. The standard InChI is InChI=1S/C23H26N4O2/c1-3-29-15-5-13-25-23(28)18-8-10-20(11-9-18)26-21-12-14-24-22(27-21)19-7-4-6-17(2)16-19/h4,6-12,14,16H,3,5,13,15H2,1-2H3,(H,25,28)(H,24,26,27). The molecule has 0 aliphatic carbocycles. The zero-order valence-electron chi connectivity index (χ0n) is 16.8. The van der Waals surface area contributed by atoms with Crippen LogP contribution >= 0.6 is 0 Å². The second-order valence-corrected chi connectivity index (χ2v) is 6.64. The molecule has 0 aliphatic rings. The SMILES string of the molecule is CCOCCCNC(=O)c1ccc(Nc2ccnc(-c3cccc(C)c3)n2)cc1. The van der Waals surface area contributed by atoms with Crippen molar-refractivity contribution in [1.82, 2.24) is 15.3 Å². The fourth-order valence-electron chi connectivity index (χ4n) is 2.83. The summed E-state index contributed by atoms with van der Waals surface area (Å²) in [5.41, 5.74) is 3.61. The number of anilines is 2. The Morgan fingerprint density at radius 3 is 2.69 bits per heavy atom. The quantitative estimate of drug-likeness (QED) is 0.531. The van der Waals surface area contributed by atoms with E-state index in [9.17, 15) is 4.79 Å². The van der Waals surface area contributed by atoms with Gasteiger partial charge in [-0.05, 0) is 56.7 Å². The lowest BCUT2D eigenvalue weighted by Crippen LogP contribution is -2.25. The Hall–Kier alpha value is -3.25. The van der Waals surface area contributed by atoms with E-state index < -0.39 is 0 Å². The Morgan fingerprint density at radius 1 is 1.10 bits per heavy atom. The van der Waals surface area contributed by atoms with Gasteiger partial charge < -0.3 is 15.4 Å². The summed E-state index contributed by atoms with van der Waals surface area (Å²) in [4.78, 5) is 21.1. The van der Waals surface area contributed by atoms with Gasteiger partial charge in [0.05, 0.1) is 0 Å². The van der Waals surface area contributed by atoms with Gasteiger partial charge in [-0.25, -0.2) is 9.97 Å². The zero-order chi connectivity index (χ0) is 20.5. The van der Waals surface area contributed by atoms with E-state index in [0.29, 0.717) is 37.0 Å². The topological polar surface area (TPSA) is 76.1 Å². The first-order valence-electron chi connectivity index (χ1n) is 9.79. The summed E-state index contributed by atoms with van der Waals surface area (Å²) in [7, 11) is 0. The molecule has 0 spiro atoms.